The number of allylic oxidation sites excluding steroid dienone is 3. The maximum atomic E-state index is 3.47. The molecule has 0 aliphatic carbocycles. The molecule has 0 saturated carbocycles. The van der Waals surface area contributed by atoms with Crippen molar-refractivity contribution >= 4 is 0 Å². The van der Waals surface area contributed by atoms with Crippen LogP contribution >= 0.6 is 0 Å². The minimum Gasteiger partial charge on any atom is -0.368 e. The molecule has 0 aromatic carbocycles. The van der Waals surface area contributed by atoms with E-state index in [9.17, 15) is 0 Å². The Kier molecular flexibility index (Phi) is 5.28. The Morgan fingerprint density at radius 1 is 1.38 bits per heavy atom. The Balaban J connectivity index is 3.19. The Bertz CT molecular complexity index is 101. The van der Waals surface area contributed by atoms with Gasteiger partial charge >= 0.3 is 0 Å². The van der Waals surface area contributed by atoms with Crippen LogP contribution in [0, 0.1) is 0 Å². The summed E-state index contributed by atoms with van der Waals surface area (Å²) in [4.78, 5) is 0. The second kappa shape index (κ2) is 6.02. The molecule has 0 rings (SSSR count). The molecule has 0 amide bonds. The van der Waals surface area contributed by atoms with Gasteiger partial charge in [-0.05, 0) is 19.2 Å². The molecule has 0 spiro atoms. The van der Waals surface area contributed by atoms with Crippen molar-refractivity contribution in [2.45, 2.75) is 6.92 Å². The highest BCUT2D eigenvalue weighted by molar-refractivity contribution is 5.00. The Morgan fingerprint density at radius 3 is 2.62 bits per heavy atom. The van der Waals surface area contributed by atoms with Gasteiger partial charge in [0.05, 0.1) is 0 Å². The lowest BCUT2D eigenvalue weighted by molar-refractivity contribution is 1.20. The van der Waals surface area contributed by atoms with E-state index in [1.54, 1.807) is 6.20 Å². The summed E-state index contributed by atoms with van der Waals surface area (Å²) in [5, 5.41) is 2.82. The molecule has 0 heterocycles. The van der Waals surface area contributed by atoms with Crippen LogP contribution in [0.15, 0.2) is 37.2 Å². The van der Waals surface area contributed by atoms with Crippen molar-refractivity contribution in [3.8, 4) is 0 Å². The normalized spacial score (nSPS) is 10.6. The molecule has 0 aliphatic rings. The van der Waals surface area contributed by atoms with Crippen molar-refractivity contribution in [1.29, 1.82) is 0 Å². The van der Waals surface area contributed by atoms with Crippen LogP contribution in [0.3, 0.4) is 0 Å². The van der Waals surface area contributed by atoms with Crippen LogP contribution in [-0.4, -0.2) is 0 Å². The first-order valence-corrected chi connectivity index (χ1v) is 2.56. The lowest BCUT2D eigenvalue weighted by atomic mass is 10.5. The van der Waals surface area contributed by atoms with E-state index in [1.165, 1.54) is 0 Å². The first kappa shape index (κ1) is 7.02. The van der Waals surface area contributed by atoms with Crippen molar-refractivity contribution in [2.75, 3.05) is 0 Å². The fourth-order valence-electron chi connectivity index (χ4n) is 0.290. The molecule has 44 valence electrons. The van der Waals surface area contributed by atoms with Crippen molar-refractivity contribution in [3.63, 3.8) is 0 Å². The number of hydrogen-bond donors (Lipinski definition) is 1. The Labute approximate surface area is 50.4 Å². The van der Waals surface area contributed by atoms with Gasteiger partial charge in [0.25, 0.3) is 0 Å². The molecule has 1 nitrogen and oxygen atoms in total. The summed E-state index contributed by atoms with van der Waals surface area (Å²) < 4.78 is 0. The average molecular weight is 109 g/mol. The van der Waals surface area contributed by atoms with Crippen LogP contribution in [-0.2, 0) is 0 Å². The summed E-state index contributed by atoms with van der Waals surface area (Å²) in [6, 6.07) is 0. The summed E-state index contributed by atoms with van der Waals surface area (Å²) in [5.74, 6) is 0. The van der Waals surface area contributed by atoms with Crippen molar-refractivity contribution in [1.82, 2.24) is 5.32 Å². The largest absolute Gasteiger partial charge is 0.368 e. The quantitative estimate of drug-likeness (QED) is 0.545. The predicted molar refractivity (Wildman–Crippen MR) is 37.3 cm³/mol. The maximum Gasteiger partial charge on any atom is 0.000407 e. The van der Waals surface area contributed by atoms with Crippen LogP contribution in [0.4, 0.5) is 0 Å². The highest BCUT2D eigenvalue weighted by atomic mass is 14.8. The molecule has 1 heteroatoms. The van der Waals surface area contributed by atoms with Gasteiger partial charge in [0.1, 0.15) is 0 Å². The van der Waals surface area contributed by atoms with Gasteiger partial charge in [-0.1, -0.05) is 18.7 Å². The van der Waals surface area contributed by atoms with Gasteiger partial charge in [-0.2, -0.15) is 0 Å². The van der Waals surface area contributed by atoms with Gasteiger partial charge in [-0.3, -0.25) is 0 Å². The molecule has 0 bridgehead atoms. The van der Waals surface area contributed by atoms with Crippen LogP contribution in [0.5, 0.6) is 0 Å². The SMILES string of the molecule is C=CN/C=C/C=C/C. The molecular formula is C7H11N. The highest BCUT2D eigenvalue weighted by Crippen LogP contribution is 1.71. The van der Waals surface area contributed by atoms with E-state index in [4.69, 9.17) is 0 Å². The Hall–Kier alpha value is -0.980. The second-order valence-corrected chi connectivity index (χ2v) is 1.26. The smallest absolute Gasteiger partial charge is 0.000407 e. The molecule has 8 heavy (non-hydrogen) atoms. The molecule has 1 N–H and O–H groups in total. The van der Waals surface area contributed by atoms with Gasteiger partial charge in [-0.25, -0.2) is 0 Å². The van der Waals surface area contributed by atoms with Crippen LogP contribution in [0.1, 0.15) is 6.92 Å². The zero-order valence-electron chi connectivity index (χ0n) is 5.09. The summed E-state index contributed by atoms with van der Waals surface area (Å²) in [7, 11) is 0. The third-order valence-corrected chi connectivity index (χ3v) is 0.614. The summed E-state index contributed by atoms with van der Waals surface area (Å²) >= 11 is 0. The fraction of sp³-hybridized carbons (Fsp3) is 0.143. The molecule has 0 saturated heterocycles. The zero-order chi connectivity index (χ0) is 6.24. The van der Waals surface area contributed by atoms with Gasteiger partial charge in [0.2, 0.25) is 0 Å². The van der Waals surface area contributed by atoms with E-state index in [2.05, 4.69) is 11.9 Å². The van der Waals surface area contributed by atoms with E-state index in [-0.39, 0.29) is 0 Å². The molecule has 0 atom stereocenters. The standard InChI is InChI=1S/C7H11N/c1-3-5-6-7-8-4-2/h3-8H,2H2,1H3/b5-3+,7-6+. The fourth-order valence-corrected chi connectivity index (χ4v) is 0.290. The van der Waals surface area contributed by atoms with E-state index in [1.807, 2.05) is 31.4 Å². The first-order valence-electron chi connectivity index (χ1n) is 2.56. The summed E-state index contributed by atoms with van der Waals surface area (Å²) in [6.07, 6.45) is 9.24. The van der Waals surface area contributed by atoms with Crippen molar-refractivity contribution in [3.05, 3.63) is 37.2 Å². The third kappa shape index (κ3) is 5.02. The van der Waals surface area contributed by atoms with Crippen molar-refractivity contribution < 1.29 is 0 Å². The van der Waals surface area contributed by atoms with E-state index in [0.717, 1.165) is 0 Å². The van der Waals surface area contributed by atoms with Gasteiger partial charge in [0, 0.05) is 6.20 Å². The molecular weight excluding hydrogens is 98.1 g/mol. The monoisotopic (exact) mass is 109 g/mol. The van der Waals surface area contributed by atoms with Crippen LogP contribution in [0.25, 0.3) is 0 Å². The van der Waals surface area contributed by atoms with Crippen molar-refractivity contribution in [2.24, 2.45) is 0 Å². The lowest BCUT2D eigenvalue weighted by Crippen LogP contribution is -1.87. The third-order valence-electron chi connectivity index (χ3n) is 0.614. The first-order chi connectivity index (χ1) is 3.91. The number of nitrogens with one attached hydrogen (secondary N) is 1. The molecule has 0 aromatic heterocycles. The summed E-state index contributed by atoms with van der Waals surface area (Å²) in [6.45, 7) is 5.44. The topological polar surface area (TPSA) is 12.0 Å². The lowest BCUT2D eigenvalue weighted by Gasteiger charge is -1.80. The molecule has 0 unspecified atom stereocenters. The number of hydrogen-bond acceptors (Lipinski definition) is 1. The predicted octanol–water partition coefficient (Wildman–Crippen LogP) is 1.81. The summed E-state index contributed by atoms with van der Waals surface area (Å²) in [5.41, 5.74) is 0. The van der Waals surface area contributed by atoms with Crippen LogP contribution < -0.4 is 5.32 Å². The molecule has 0 aliphatic heterocycles. The Morgan fingerprint density at radius 2 is 2.12 bits per heavy atom. The zero-order valence-corrected chi connectivity index (χ0v) is 5.09. The second-order valence-electron chi connectivity index (χ2n) is 1.26. The van der Waals surface area contributed by atoms with E-state index < -0.39 is 0 Å². The van der Waals surface area contributed by atoms with Crippen LogP contribution in [0.2, 0.25) is 0 Å². The maximum absolute atomic E-state index is 3.47. The average Bonchev–Trinajstić information content (AvgIpc) is 1.81. The number of rotatable bonds is 3. The minimum absolute atomic E-state index is 1.62. The minimum atomic E-state index is 1.62. The molecule has 0 fully saturated rings. The van der Waals surface area contributed by atoms with Gasteiger partial charge < -0.3 is 5.32 Å². The van der Waals surface area contributed by atoms with Gasteiger partial charge in [-0.15, -0.1) is 0 Å². The van der Waals surface area contributed by atoms with Gasteiger partial charge in [0.15, 0.2) is 0 Å². The molecule has 0 aromatic rings. The molecule has 0 radical (unpaired) electrons. The van der Waals surface area contributed by atoms with E-state index >= 15 is 0 Å². The highest BCUT2D eigenvalue weighted by Gasteiger charge is 1.57. The van der Waals surface area contributed by atoms with E-state index in [0.29, 0.717) is 0 Å².